The molecule has 0 aromatic heterocycles. The summed E-state index contributed by atoms with van der Waals surface area (Å²) in [7, 11) is 0. The van der Waals surface area contributed by atoms with E-state index in [2.05, 4.69) is 48.5 Å². The Hall–Kier alpha value is -3.40. The Kier molecular flexibility index (Phi) is 5.68. The van der Waals surface area contributed by atoms with E-state index in [1.54, 1.807) is 0 Å². The highest BCUT2D eigenvalue weighted by molar-refractivity contribution is 6.07. The van der Waals surface area contributed by atoms with Gasteiger partial charge in [0.25, 0.3) is 0 Å². The first-order chi connectivity index (χ1) is 18.7. The second-order valence-electron chi connectivity index (χ2n) is 11.9. The molecule has 2 aliphatic heterocycles. The van der Waals surface area contributed by atoms with Gasteiger partial charge in [0.1, 0.15) is 0 Å². The summed E-state index contributed by atoms with van der Waals surface area (Å²) in [6, 6.07) is 29.5. The molecule has 2 atom stereocenters. The highest BCUT2D eigenvalue weighted by atomic mass is 16.2. The van der Waals surface area contributed by atoms with E-state index in [1.165, 1.54) is 24.0 Å². The zero-order valence-electron chi connectivity index (χ0n) is 22.0. The molecule has 7 rings (SSSR count). The first kappa shape index (κ1) is 23.7. The standard InChI is InChI=1S/C34H36N2O2/c37-31-33(21-9-3-10-22-33)29(35(31)27-13-5-1-6-14-27)25-17-19-26(20-18-25)30-34(23-11-4-12-24-34)32(38)36(30)28-15-7-2-8-16-28/h1-2,5-8,13-20,29-30H,3-4,9-12,21-24H2. The molecule has 4 heteroatoms. The molecule has 4 aliphatic rings. The maximum absolute atomic E-state index is 13.7. The molecule has 2 saturated heterocycles. The fourth-order valence-corrected chi connectivity index (χ4v) is 8.16. The van der Waals surface area contributed by atoms with Crippen molar-refractivity contribution in [1.82, 2.24) is 0 Å². The number of hydrogen-bond donors (Lipinski definition) is 0. The van der Waals surface area contributed by atoms with Crippen LogP contribution >= 0.6 is 0 Å². The van der Waals surface area contributed by atoms with E-state index in [-0.39, 0.29) is 22.9 Å². The number of para-hydroxylation sites is 2. The maximum Gasteiger partial charge on any atom is 0.236 e. The maximum atomic E-state index is 13.7. The molecule has 2 aliphatic carbocycles. The number of nitrogens with zero attached hydrogens (tertiary/aromatic N) is 2. The molecule has 2 saturated carbocycles. The van der Waals surface area contributed by atoms with Crippen LogP contribution in [-0.4, -0.2) is 11.8 Å². The smallest absolute Gasteiger partial charge is 0.236 e. The van der Waals surface area contributed by atoms with Gasteiger partial charge < -0.3 is 9.80 Å². The van der Waals surface area contributed by atoms with Crippen LogP contribution < -0.4 is 9.80 Å². The van der Waals surface area contributed by atoms with Crippen LogP contribution in [0, 0.1) is 10.8 Å². The fraction of sp³-hybridized carbons (Fsp3) is 0.412. The lowest BCUT2D eigenvalue weighted by Crippen LogP contribution is -2.64. The fourth-order valence-electron chi connectivity index (χ4n) is 8.16. The Morgan fingerprint density at radius 1 is 0.474 bits per heavy atom. The first-order valence-corrected chi connectivity index (χ1v) is 14.5. The van der Waals surface area contributed by atoms with Crippen molar-refractivity contribution in [2.24, 2.45) is 10.8 Å². The summed E-state index contributed by atoms with van der Waals surface area (Å²) in [4.78, 5) is 31.4. The van der Waals surface area contributed by atoms with Gasteiger partial charge in [0.15, 0.2) is 0 Å². The molecule has 2 unspecified atom stereocenters. The number of benzene rings is 3. The average molecular weight is 505 g/mol. The van der Waals surface area contributed by atoms with Crippen LogP contribution in [0.1, 0.15) is 87.4 Å². The third kappa shape index (κ3) is 3.35. The number of hydrogen-bond acceptors (Lipinski definition) is 2. The van der Waals surface area contributed by atoms with E-state index in [9.17, 15) is 9.59 Å². The molecule has 0 radical (unpaired) electrons. The highest BCUT2D eigenvalue weighted by Gasteiger charge is 2.62. The van der Waals surface area contributed by atoms with Crippen LogP contribution in [0.5, 0.6) is 0 Å². The molecule has 2 heterocycles. The Morgan fingerprint density at radius 2 is 0.816 bits per heavy atom. The van der Waals surface area contributed by atoms with Crippen LogP contribution in [-0.2, 0) is 9.59 Å². The molecule has 3 aromatic rings. The predicted octanol–water partition coefficient (Wildman–Crippen LogP) is 7.76. The topological polar surface area (TPSA) is 40.6 Å². The lowest BCUT2D eigenvalue weighted by molar-refractivity contribution is -0.144. The number of rotatable bonds is 4. The summed E-state index contributed by atoms with van der Waals surface area (Å²) >= 11 is 0. The van der Waals surface area contributed by atoms with Gasteiger partial charge in [-0.25, -0.2) is 0 Å². The summed E-state index contributed by atoms with van der Waals surface area (Å²) in [6.45, 7) is 0. The minimum absolute atomic E-state index is 0.0728. The minimum Gasteiger partial charge on any atom is -0.303 e. The predicted molar refractivity (Wildman–Crippen MR) is 151 cm³/mol. The molecule has 0 N–H and O–H groups in total. The van der Waals surface area contributed by atoms with Crippen molar-refractivity contribution in [2.45, 2.75) is 76.3 Å². The van der Waals surface area contributed by atoms with Crippen LogP contribution in [0.4, 0.5) is 11.4 Å². The van der Waals surface area contributed by atoms with Gasteiger partial charge in [-0.05, 0) is 61.1 Å². The van der Waals surface area contributed by atoms with Gasteiger partial charge in [0, 0.05) is 11.4 Å². The molecule has 4 nitrogen and oxygen atoms in total. The van der Waals surface area contributed by atoms with Gasteiger partial charge in [0.05, 0.1) is 22.9 Å². The summed E-state index contributed by atoms with van der Waals surface area (Å²) in [5.74, 6) is 0.581. The van der Waals surface area contributed by atoms with Gasteiger partial charge in [0.2, 0.25) is 11.8 Å². The summed E-state index contributed by atoms with van der Waals surface area (Å²) < 4.78 is 0. The minimum atomic E-state index is -0.275. The highest BCUT2D eigenvalue weighted by Crippen LogP contribution is 2.61. The van der Waals surface area contributed by atoms with E-state index in [4.69, 9.17) is 0 Å². The monoisotopic (exact) mass is 504 g/mol. The number of anilines is 2. The van der Waals surface area contributed by atoms with Crippen LogP contribution in [0.25, 0.3) is 0 Å². The zero-order chi connectivity index (χ0) is 25.7. The van der Waals surface area contributed by atoms with Gasteiger partial charge >= 0.3 is 0 Å². The Labute approximate surface area is 225 Å². The first-order valence-electron chi connectivity index (χ1n) is 14.5. The zero-order valence-corrected chi connectivity index (χ0v) is 22.0. The van der Waals surface area contributed by atoms with Gasteiger partial charge in [-0.3, -0.25) is 9.59 Å². The van der Waals surface area contributed by atoms with Crippen molar-refractivity contribution in [1.29, 1.82) is 0 Å². The van der Waals surface area contributed by atoms with Crippen molar-refractivity contribution < 1.29 is 9.59 Å². The summed E-state index contributed by atoms with van der Waals surface area (Å²) in [5, 5.41) is 0. The molecule has 3 aromatic carbocycles. The van der Waals surface area contributed by atoms with E-state index >= 15 is 0 Å². The molecular weight excluding hydrogens is 468 g/mol. The van der Waals surface area contributed by atoms with Crippen molar-refractivity contribution in [3.63, 3.8) is 0 Å². The molecule has 0 bridgehead atoms. The third-order valence-corrected chi connectivity index (χ3v) is 9.98. The third-order valence-electron chi connectivity index (χ3n) is 9.98. The second kappa shape index (κ2) is 9.11. The van der Waals surface area contributed by atoms with E-state index < -0.39 is 0 Å². The Morgan fingerprint density at radius 3 is 1.16 bits per heavy atom. The van der Waals surface area contributed by atoms with E-state index in [0.717, 1.165) is 62.7 Å². The van der Waals surface area contributed by atoms with Crippen molar-refractivity contribution >= 4 is 23.2 Å². The molecular formula is C34H36N2O2. The molecule has 194 valence electrons. The average Bonchev–Trinajstić information content (AvgIpc) is 3.00. The van der Waals surface area contributed by atoms with Crippen molar-refractivity contribution in [3.05, 3.63) is 96.1 Å². The van der Waals surface area contributed by atoms with Gasteiger partial charge in [-0.15, -0.1) is 0 Å². The van der Waals surface area contributed by atoms with Crippen LogP contribution in [0.15, 0.2) is 84.9 Å². The van der Waals surface area contributed by atoms with Gasteiger partial charge in [-0.1, -0.05) is 99.2 Å². The lowest BCUT2D eigenvalue weighted by atomic mass is 9.59. The molecule has 4 fully saturated rings. The van der Waals surface area contributed by atoms with Gasteiger partial charge in [-0.2, -0.15) is 0 Å². The molecule has 2 spiro atoms. The number of carbonyl (C=O) groups excluding carboxylic acids is 2. The number of β-lactam (4-membered cyclic amide) rings is 2. The van der Waals surface area contributed by atoms with Crippen LogP contribution in [0.2, 0.25) is 0 Å². The van der Waals surface area contributed by atoms with Crippen LogP contribution in [0.3, 0.4) is 0 Å². The summed E-state index contributed by atoms with van der Waals surface area (Å²) in [5.41, 5.74) is 3.86. The molecule has 38 heavy (non-hydrogen) atoms. The number of amides is 2. The van der Waals surface area contributed by atoms with E-state index in [0.29, 0.717) is 11.8 Å². The summed E-state index contributed by atoms with van der Waals surface area (Å²) in [6.07, 6.45) is 10.9. The Balaban J connectivity index is 1.25. The second-order valence-corrected chi connectivity index (χ2v) is 11.9. The van der Waals surface area contributed by atoms with E-state index in [1.807, 2.05) is 46.2 Å². The molecule has 2 amide bonds. The van der Waals surface area contributed by atoms with Crippen molar-refractivity contribution in [2.75, 3.05) is 9.80 Å². The normalized spacial score (nSPS) is 25.8. The SMILES string of the molecule is O=C1N(c2ccccc2)C(c2ccc(C3N(c4ccccc4)C(=O)C34CCCCC4)cc2)C12CCCCC2. The quantitative estimate of drug-likeness (QED) is 0.341. The Bertz CT molecular complexity index is 1220. The van der Waals surface area contributed by atoms with Crippen molar-refractivity contribution in [3.8, 4) is 0 Å². The lowest BCUT2D eigenvalue weighted by Gasteiger charge is -2.59. The number of carbonyl (C=O) groups is 2. The largest absolute Gasteiger partial charge is 0.303 e.